The Hall–Kier alpha value is -1.22. The molecule has 0 spiro atoms. The van der Waals surface area contributed by atoms with Crippen LogP contribution in [0.1, 0.15) is 93.9 Å². The average molecular weight is 497 g/mol. The van der Waals surface area contributed by atoms with Crippen molar-refractivity contribution in [3.63, 3.8) is 0 Å². The standard InChI is InChI=1S/C26H48N2O5Si/c1-13-18-19(33-34(11,12)26(8,9)10)14-20(32-18)28-15-17(21(29)27-23(28)30)16-31-22(24(2,3)4)25(5,6)7/h15,18-20,22H,13-14,16H2,1-12H3,(H,27,29,30)/t18-,19?,20-/m1/s1. The fourth-order valence-corrected chi connectivity index (χ4v) is 6.09. The van der Waals surface area contributed by atoms with Crippen molar-refractivity contribution in [1.29, 1.82) is 0 Å². The molecule has 0 aromatic carbocycles. The molecule has 1 saturated heterocycles. The SMILES string of the molecule is CC[C@H]1O[C@@H](n2cc(COC(C(C)(C)C)C(C)(C)C)c(=O)[nH]c2=O)CC1O[Si](C)(C)C(C)(C)C. The lowest BCUT2D eigenvalue weighted by molar-refractivity contribution is -0.0909. The van der Waals surface area contributed by atoms with E-state index in [-0.39, 0.29) is 40.8 Å². The van der Waals surface area contributed by atoms with E-state index >= 15 is 0 Å². The molecular formula is C26H48N2O5Si. The van der Waals surface area contributed by atoms with Crippen molar-refractivity contribution in [3.8, 4) is 0 Å². The summed E-state index contributed by atoms with van der Waals surface area (Å²) in [5.41, 5.74) is -0.664. The van der Waals surface area contributed by atoms with Crippen LogP contribution in [0.4, 0.5) is 0 Å². The van der Waals surface area contributed by atoms with Crippen molar-refractivity contribution in [2.24, 2.45) is 10.8 Å². The van der Waals surface area contributed by atoms with Gasteiger partial charge in [0.2, 0.25) is 0 Å². The summed E-state index contributed by atoms with van der Waals surface area (Å²) in [6, 6.07) is 0. The van der Waals surface area contributed by atoms with Gasteiger partial charge in [0.25, 0.3) is 5.56 Å². The number of nitrogens with one attached hydrogen (secondary N) is 1. The number of hydrogen-bond acceptors (Lipinski definition) is 5. The summed E-state index contributed by atoms with van der Waals surface area (Å²) in [7, 11) is -2.00. The molecule has 2 heterocycles. The summed E-state index contributed by atoms with van der Waals surface area (Å²) in [4.78, 5) is 27.8. The molecule has 34 heavy (non-hydrogen) atoms. The molecule has 0 amide bonds. The van der Waals surface area contributed by atoms with Crippen molar-refractivity contribution in [1.82, 2.24) is 9.55 Å². The molecule has 2 rings (SSSR count). The summed E-state index contributed by atoms with van der Waals surface area (Å²) in [6.45, 7) is 26.1. The van der Waals surface area contributed by atoms with Crippen molar-refractivity contribution >= 4 is 8.32 Å². The molecule has 7 nitrogen and oxygen atoms in total. The zero-order chi connectivity index (χ0) is 26.3. The number of rotatable bonds is 7. The maximum atomic E-state index is 12.7. The number of nitrogens with zero attached hydrogens (tertiary/aromatic N) is 1. The molecular weight excluding hydrogens is 448 g/mol. The average Bonchev–Trinajstić information content (AvgIpc) is 3.02. The Morgan fingerprint density at radius 1 is 1.09 bits per heavy atom. The first-order valence-electron chi connectivity index (χ1n) is 12.6. The van der Waals surface area contributed by atoms with E-state index in [0.29, 0.717) is 12.0 Å². The highest BCUT2D eigenvalue weighted by Gasteiger charge is 2.45. The summed E-state index contributed by atoms with van der Waals surface area (Å²) in [5.74, 6) is 0. The normalized spacial score (nSPS) is 22.6. The molecule has 0 radical (unpaired) electrons. The molecule has 0 aliphatic carbocycles. The first-order valence-corrected chi connectivity index (χ1v) is 15.5. The highest BCUT2D eigenvalue weighted by atomic mass is 28.4. The van der Waals surface area contributed by atoms with Crippen LogP contribution >= 0.6 is 0 Å². The van der Waals surface area contributed by atoms with Gasteiger partial charge in [0.05, 0.1) is 30.5 Å². The largest absolute Gasteiger partial charge is 0.411 e. The third-order valence-corrected chi connectivity index (χ3v) is 11.7. The van der Waals surface area contributed by atoms with E-state index < -0.39 is 25.8 Å². The van der Waals surface area contributed by atoms with Crippen LogP contribution in [0.2, 0.25) is 18.1 Å². The van der Waals surface area contributed by atoms with Crippen LogP contribution in [0, 0.1) is 10.8 Å². The second-order valence-corrected chi connectivity index (χ2v) is 18.2. The third kappa shape index (κ3) is 6.71. The molecule has 1 N–H and O–H groups in total. The van der Waals surface area contributed by atoms with Gasteiger partial charge in [-0.3, -0.25) is 14.3 Å². The van der Waals surface area contributed by atoms with E-state index in [9.17, 15) is 9.59 Å². The van der Waals surface area contributed by atoms with Gasteiger partial charge in [-0.25, -0.2) is 4.79 Å². The second kappa shape index (κ2) is 10.0. The number of aromatic nitrogens is 2. The zero-order valence-corrected chi connectivity index (χ0v) is 24.5. The van der Waals surface area contributed by atoms with Gasteiger partial charge in [0.15, 0.2) is 8.32 Å². The molecule has 1 unspecified atom stereocenters. The Balaban J connectivity index is 2.29. The van der Waals surface area contributed by atoms with Gasteiger partial charge in [-0.1, -0.05) is 69.2 Å². The highest BCUT2D eigenvalue weighted by molar-refractivity contribution is 6.74. The first kappa shape index (κ1) is 29.0. The van der Waals surface area contributed by atoms with E-state index in [0.717, 1.165) is 6.42 Å². The minimum Gasteiger partial charge on any atom is -0.411 e. The van der Waals surface area contributed by atoms with E-state index in [1.54, 1.807) is 6.20 Å². The van der Waals surface area contributed by atoms with Gasteiger partial charge in [-0.15, -0.1) is 0 Å². The van der Waals surface area contributed by atoms with Crippen molar-refractivity contribution in [3.05, 3.63) is 32.6 Å². The minimum absolute atomic E-state index is 0.0747. The Kier molecular flexibility index (Phi) is 8.56. The predicted octanol–water partition coefficient (Wildman–Crippen LogP) is 5.60. The number of aromatic amines is 1. The molecule has 1 aliphatic heterocycles. The molecule has 8 heteroatoms. The van der Waals surface area contributed by atoms with Crippen LogP contribution in [0.5, 0.6) is 0 Å². The Labute approximate surface area is 206 Å². The second-order valence-electron chi connectivity index (χ2n) is 13.4. The van der Waals surface area contributed by atoms with Crippen LogP contribution in [0.15, 0.2) is 15.8 Å². The van der Waals surface area contributed by atoms with Gasteiger partial charge in [0, 0.05) is 12.6 Å². The number of ether oxygens (including phenoxy) is 2. The van der Waals surface area contributed by atoms with Crippen LogP contribution < -0.4 is 11.2 Å². The summed E-state index contributed by atoms with van der Waals surface area (Å²) >= 11 is 0. The lowest BCUT2D eigenvalue weighted by Crippen LogP contribution is -2.45. The van der Waals surface area contributed by atoms with Gasteiger partial charge >= 0.3 is 5.69 Å². The molecule has 0 bridgehead atoms. The highest BCUT2D eigenvalue weighted by Crippen LogP contribution is 2.41. The van der Waals surface area contributed by atoms with Gasteiger partial charge < -0.3 is 13.9 Å². The maximum absolute atomic E-state index is 12.7. The Morgan fingerprint density at radius 2 is 1.65 bits per heavy atom. The van der Waals surface area contributed by atoms with Crippen LogP contribution in [0.3, 0.4) is 0 Å². The van der Waals surface area contributed by atoms with Gasteiger partial charge in [-0.05, 0) is 35.4 Å². The Morgan fingerprint density at radius 3 is 2.12 bits per heavy atom. The predicted molar refractivity (Wildman–Crippen MR) is 140 cm³/mol. The molecule has 1 aromatic heterocycles. The zero-order valence-electron chi connectivity index (χ0n) is 23.5. The molecule has 3 atom stereocenters. The summed E-state index contributed by atoms with van der Waals surface area (Å²) in [5, 5.41) is 0.0827. The van der Waals surface area contributed by atoms with Gasteiger partial charge in [0.1, 0.15) is 6.23 Å². The monoisotopic (exact) mass is 496 g/mol. The minimum atomic E-state index is -2.00. The lowest BCUT2D eigenvalue weighted by atomic mass is 9.74. The molecule has 196 valence electrons. The summed E-state index contributed by atoms with van der Waals surface area (Å²) in [6.07, 6.45) is 2.24. The topological polar surface area (TPSA) is 82.5 Å². The molecule has 1 aliphatic rings. The Bertz CT molecular complexity index is 932. The number of H-pyrrole nitrogens is 1. The van der Waals surface area contributed by atoms with E-state index in [2.05, 4.69) is 87.3 Å². The third-order valence-electron chi connectivity index (χ3n) is 7.17. The number of hydrogen-bond donors (Lipinski definition) is 1. The van der Waals surface area contributed by atoms with Crippen molar-refractivity contribution in [2.45, 2.75) is 131 Å². The quantitative estimate of drug-likeness (QED) is 0.497. The smallest absolute Gasteiger partial charge is 0.330 e. The van der Waals surface area contributed by atoms with Crippen LogP contribution in [-0.4, -0.2) is 36.2 Å². The van der Waals surface area contributed by atoms with E-state index in [4.69, 9.17) is 13.9 Å². The first-order chi connectivity index (χ1) is 15.3. The van der Waals surface area contributed by atoms with Crippen molar-refractivity contribution < 1.29 is 13.9 Å². The van der Waals surface area contributed by atoms with E-state index in [1.807, 2.05) is 0 Å². The van der Waals surface area contributed by atoms with Crippen molar-refractivity contribution in [2.75, 3.05) is 0 Å². The maximum Gasteiger partial charge on any atom is 0.330 e. The molecule has 1 fully saturated rings. The molecule has 1 aromatic rings. The van der Waals surface area contributed by atoms with Gasteiger partial charge in [-0.2, -0.15) is 0 Å². The lowest BCUT2D eigenvalue weighted by Gasteiger charge is -2.40. The van der Waals surface area contributed by atoms with Crippen LogP contribution in [0.25, 0.3) is 0 Å². The fourth-order valence-electron chi connectivity index (χ4n) is 4.73. The van der Waals surface area contributed by atoms with Crippen LogP contribution in [-0.2, 0) is 20.5 Å². The molecule has 0 saturated carbocycles. The van der Waals surface area contributed by atoms with E-state index in [1.165, 1.54) is 4.57 Å². The summed E-state index contributed by atoms with van der Waals surface area (Å²) < 4.78 is 20.7. The fraction of sp³-hybridized carbons (Fsp3) is 0.846.